The van der Waals surface area contributed by atoms with Gasteiger partial charge in [-0.3, -0.25) is 9.69 Å². The Morgan fingerprint density at radius 3 is 2.41 bits per heavy atom. The predicted molar refractivity (Wildman–Crippen MR) is 116 cm³/mol. The Morgan fingerprint density at radius 1 is 1.15 bits per heavy atom. The SMILES string of the molecule is CC1C2C(I)=CCC(c3ccccc3)C2(C(=O)O)CN1Cc1ccccc1. The van der Waals surface area contributed by atoms with E-state index >= 15 is 0 Å². The molecule has 4 atom stereocenters. The molecule has 4 unspecified atom stereocenters. The van der Waals surface area contributed by atoms with Crippen molar-refractivity contribution in [3.05, 3.63) is 81.4 Å². The van der Waals surface area contributed by atoms with Gasteiger partial charge in [0.15, 0.2) is 0 Å². The lowest BCUT2D eigenvalue weighted by Crippen LogP contribution is -2.46. The highest BCUT2D eigenvalue weighted by Gasteiger charge is 2.62. The Bertz CT molecular complexity index is 851. The fraction of sp³-hybridized carbons (Fsp3) is 0.348. The van der Waals surface area contributed by atoms with Crippen LogP contribution >= 0.6 is 22.6 Å². The van der Waals surface area contributed by atoms with Crippen LogP contribution in [-0.4, -0.2) is 28.6 Å². The van der Waals surface area contributed by atoms with E-state index in [-0.39, 0.29) is 17.9 Å². The quantitative estimate of drug-likeness (QED) is 0.630. The number of nitrogens with zero attached hydrogens (tertiary/aromatic N) is 1. The van der Waals surface area contributed by atoms with Crippen molar-refractivity contribution in [1.29, 1.82) is 0 Å². The molecule has 0 saturated carbocycles. The Morgan fingerprint density at radius 2 is 1.78 bits per heavy atom. The molecule has 0 amide bonds. The van der Waals surface area contributed by atoms with E-state index in [2.05, 4.69) is 64.8 Å². The normalized spacial score (nSPS) is 30.6. The van der Waals surface area contributed by atoms with Crippen molar-refractivity contribution in [3.63, 3.8) is 0 Å². The average molecular weight is 473 g/mol. The summed E-state index contributed by atoms with van der Waals surface area (Å²) in [6, 6.07) is 20.8. The Hall–Kier alpha value is -1.66. The number of rotatable bonds is 4. The molecule has 2 aliphatic rings. The van der Waals surface area contributed by atoms with E-state index in [4.69, 9.17) is 0 Å². The zero-order chi connectivity index (χ0) is 19.0. The second-order valence-corrected chi connectivity index (χ2v) is 8.99. The minimum atomic E-state index is -0.777. The fourth-order valence-electron chi connectivity index (χ4n) is 5.08. The molecule has 140 valence electrons. The maximum Gasteiger partial charge on any atom is 0.312 e. The number of benzene rings is 2. The standard InChI is InChI=1S/C23H24INO2/c1-16-21-20(24)13-12-19(18-10-6-3-7-11-18)23(21,22(26)27)15-25(16)14-17-8-4-2-5-9-17/h2-11,13,16,19,21H,12,14-15H2,1H3,(H,26,27). The maximum atomic E-state index is 12.8. The number of halogens is 1. The molecule has 0 spiro atoms. The topological polar surface area (TPSA) is 40.5 Å². The van der Waals surface area contributed by atoms with Crippen molar-refractivity contribution in [2.45, 2.75) is 31.8 Å². The van der Waals surface area contributed by atoms with Gasteiger partial charge in [0.2, 0.25) is 0 Å². The number of carboxylic acid groups (broad SMARTS) is 1. The molecule has 0 bridgehead atoms. The zero-order valence-corrected chi connectivity index (χ0v) is 17.5. The van der Waals surface area contributed by atoms with Crippen molar-refractivity contribution < 1.29 is 9.90 Å². The van der Waals surface area contributed by atoms with Gasteiger partial charge in [-0.15, -0.1) is 0 Å². The van der Waals surface area contributed by atoms with Crippen molar-refractivity contribution >= 4 is 28.6 Å². The average Bonchev–Trinajstić information content (AvgIpc) is 2.98. The van der Waals surface area contributed by atoms with E-state index in [0.717, 1.165) is 18.5 Å². The summed E-state index contributed by atoms with van der Waals surface area (Å²) in [7, 11) is 0. The van der Waals surface area contributed by atoms with Crippen LogP contribution in [0.15, 0.2) is 70.3 Å². The van der Waals surface area contributed by atoms with Gasteiger partial charge >= 0.3 is 5.97 Å². The third kappa shape index (κ3) is 3.13. The lowest BCUT2D eigenvalue weighted by molar-refractivity contribution is -0.152. The molecule has 1 fully saturated rings. The molecule has 4 heteroatoms. The first kappa shape index (κ1) is 18.7. The first-order valence-electron chi connectivity index (χ1n) is 9.46. The van der Waals surface area contributed by atoms with E-state index in [0.29, 0.717) is 6.54 Å². The third-order valence-electron chi connectivity index (χ3n) is 6.37. The van der Waals surface area contributed by atoms with Crippen LogP contribution in [0.25, 0.3) is 0 Å². The second kappa shape index (κ2) is 7.40. The van der Waals surface area contributed by atoms with Gasteiger partial charge in [0.25, 0.3) is 0 Å². The summed E-state index contributed by atoms with van der Waals surface area (Å²) in [6.07, 6.45) is 3.05. The monoisotopic (exact) mass is 473 g/mol. The minimum absolute atomic E-state index is 0.00272. The van der Waals surface area contributed by atoms with Crippen LogP contribution < -0.4 is 0 Å². The molecule has 1 N–H and O–H groups in total. The smallest absolute Gasteiger partial charge is 0.312 e. The van der Waals surface area contributed by atoms with Crippen molar-refractivity contribution in [1.82, 2.24) is 4.90 Å². The molecule has 2 aromatic carbocycles. The summed E-state index contributed by atoms with van der Waals surface area (Å²) in [6.45, 7) is 3.57. The number of carbonyl (C=O) groups is 1. The molecule has 27 heavy (non-hydrogen) atoms. The fourth-order valence-corrected chi connectivity index (χ4v) is 6.41. The number of hydrogen-bond acceptors (Lipinski definition) is 2. The maximum absolute atomic E-state index is 12.8. The van der Waals surface area contributed by atoms with Crippen LogP contribution in [0, 0.1) is 11.3 Å². The summed E-state index contributed by atoms with van der Waals surface area (Å²) in [5.74, 6) is -0.632. The molecule has 1 aliphatic carbocycles. The van der Waals surface area contributed by atoms with Gasteiger partial charge in [-0.05, 0) is 50.6 Å². The van der Waals surface area contributed by atoms with Gasteiger partial charge in [-0.25, -0.2) is 0 Å². The first-order valence-corrected chi connectivity index (χ1v) is 10.5. The van der Waals surface area contributed by atoms with Crippen molar-refractivity contribution in [2.75, 3.05) is 6.54 Å². The molecule has 1 heterocycles. The molecular weight excluding hydrogens is 449 g/mol. The van der Waals surface area contributed by atoms with Gasteiger partial charge in [0.05, 0.1) is 5.41 Å². The number of carboxylic acids is 1. The molecule has 1 aliphatic heterocycles. The largest absolute Gasteiger partial charge is 0.481 e. The summed E-state index contributed by atoms with van der Waals surface area (Å²) >= 11 is 2.37. The van der Waals surface area contributed by atoms with Gasteiger partial charge in [0, 0.05) is 31.0 Å². The lowest BCUT2D eigenvalue weighted by atomic mass is 9.61. The number of likely N-dealkylation sites (tertiary alicyclic amines) is 1. The Balaban J connectivity index is 1.76. The zero-order valence-electron chi connectivity index (χ0n) is 15.4. The number of aliphatic carboxylic acids is 1. The second-order valence-electron chi connectivity index (χ2n) is 7.74. The van der Waals surface area contributed by atoms with E-state index in [1.807, 2.05) is 36.4 Å². The minimum Gasteiger partial charge on any atom is -0.481 e. The molecule has 3 nitrogen and oxygen atoms in total. The summed E-state index contributed by atoms with van der Waals surface area (Å²) in [5.41, 5.74) is 1.60. The molecule has 0 radical (unpaired) electrons. The van der Waals surface area contributed by atoms with Gasteiger partial charge in [-0.2, -0.15) is 0 Å². The Kier molecular flexibility index (Phi) is 5.12. The Labute approximate surface area is 174 Å². The van der Waals surface area contributed by atoms with Gasteiger partial charge in [-0.1, -0.05) is 66.7 Å². The highest BCUT2D eigenvalue weighted by Crippen LogP contribution is 2.58. The van der Waals surface area contributed by atoms with E-state index in [1.54, 1.807) is 0 Å². The van der Waals surface area contributed by atoms with Crippen molar-refractivity contribution in [2.24, 2.45) is 11.3 Å². The van der Waals surface area contributed by atoms with Crippen molar-refractivity contribution in [3.8, 4) is 0 Å². The predicted octanol–water partition coefficient (Wildman–Crippen LogP) is 5.08. The molecule has 1 saturated heterocycles. The van der Waals surface area contributed by atoms with Crippen LogP contribution in [-0.2, 0) is 11.3 Å². The van der Waals surface area contributed by atoms with Crippen LogP contribution in [0.3, 0.4) is 0 Å². The summed E-state index contributed by atoms with van der Waals surface area (Å²) in [5, 5.41) is 10.5. The van der Waals surface area contributed by atoms with Gasteiger partial charge < -0.3 is 5.11 Å². The summed E-state index contributed by atoms with van der Waals surface area (Å²) < 4.78 is 1.20. The van der Waals surface area contributed by atoms with Crippen LogP contribution in [0.1, 0.15) is 30.4 Å². The molecule has 2 aromatic rings. The number of fused-ring (bicyclic) bond motifs is 1. The molecule has 0 aromatic heterocycles. The van der Waals surface area contributed by atoms with Crippen LogP contribution in [0.5, 0.6) is 0 Å². The van der Waals surface area contributed by atoms with E-state index in [1.165, 1.54) is 9.14 Å². The number of hydrogen-bond donors (Lipinski definition) is 1. The van der Waals surface area contributed by atoms with Gasteiger partial charge in [0.1, 0.15) is 0 Å². The molecule has 4 rings (SSSR count). The molecular formula is C23H24INO2. The summed E-state index contributed by atoms with van der Waals surface area (Å²) in [4.78, 5) is 15.1. The lowest BCUT2D eigenvalue weighted by Gasteiger charge is -2.42. The first-order chi connectivity index (χ1) is 13.0. The highest BCUT2D eigenvalue weighted by atomic mass is 127. The van der Waals surface area contributed by atoms with Crippen LogP contribution in [0.2, 0.25) is 0 Å². The van der Waals surface area contributed by atoms with E-state index in [9.17, 15) is 9.90 Å². The highest BCUT2D eigenvalue weighted by molar-refractivity contribution is 14.1. The van der Waals surface area contributed by atoms with Crippen LogP contribution in [0.4, 0.5) is 0 Å². The number of allylic oxidation sites excluding steroid dienone is 1. The third-order valence-corrected chi connectivity index (χ3v) is 7.49. The van der Waals surface area contributed by atoms with E-state index < -0.39 is 11.4 Å².